The summed E-state index contributed by atoms with van der Waals surface area (Å²) in [6.07, 6.45) is 1.86. The van der Waals surface area contributed by atoms with Gasteiger partial charge in [-0.2, -0.15) is 0 Å². The predicted molar refractivity (Wildman–Crippen MR) is 81.4 cm³/mol. The summed E-state index contributed by atoms with van der Waals surface area (Å²) in [5.74, 6) is 0.184. The standard InChI is InChI=1S/C15H26N4O3/c1-11(14(20)17-12-2-3-12)18-5-7-19(8-6-18)15(21)13-10-16-4-9-22-13/h11-13,16H,2-10H2,1H3,(H,17,20). The third-order valence-electron chi connectivity index (χ3n) is 4.68. The fourth-order valence-electron chi connectivity index (χ4n) is 2.97. The van der Waals surface area contributed by atoms with Crippen LogP contribution >= 0.6 is 0 Å². The molecule has 1 saturated carbocycles. The number of rotatable bonds is 4. The summed E-state index contributed by atoms with van der Waals surface area (Å²) in [7, 11) is 0. The van der Waals surface area contributed by atoms with Gasteiger partial charge in [-0.05, 0) is 19.8 Å². The van der Waals surface area contributed by atoms with E-state index in [0.29, 0.717) is 32.3 Å². The number of ether oxygens (including phenoxy) is 1. The molecule has 2 unspecified atom stereocenters. The molecular weight excluding hydrogens is 284 g/mol. The minimum atomic E-state index is -0.351. The molecule has 22 heavy (non-hydrogen) atoms. The monoisotopic (exact) mass is 310 g/mol. The molecule has 2 heterocycles. The second-order valence-electron chi connectivity index (χ2n) is 6.38. The van der Waals surface area contributed by atoms with Crippen LogP contribution in [-0.4, -0.2) is 85.7 Å². The van der Waals surface area contributed by atoms with Crippen LogP contribution in [0.3, 0.4) is 0 Å². The quantitative estimate of drug-likeness (QED) is 0.681. The summed E-state index contributed by atoms with van der Waals surface area (Å²) in [6, 6.07) is 0.277. The lowest BCUT2D eigenvalue weighted by Gasteiger charge is -2.39. The van der Waals surface area contributed by atoms with Gasteiger partial charge in [-0.1, -0.05) is 0 Å². The Labute approximate surface area is 131 Å². The van der Waals surface area contributed by atoms with Crippen molar-refractivity contribution in [3.05, 3.63) is 0 Å². The Morgan fingerprint density at radius 3 is 2.55 bits per heavy atom. The maximum Gasteiger partial charge on any atom is 0.253 e. The Morgan fingerprint density at radius 2 is 1.95 bits per heavy atom. The van der Waals surface area contributed by atoms with Crippen LogP contribution in [0.4, 0.5) is 0 Å². The molecule has 2 atom stereocenters. The van der Waals surface area contributed by atoms with Crippen LogP contribution in [0.2, 0.25) is 0 Å². The Bertz CT molecular complexity index is 413. The number of carbonyl (C=O) groups excluding carboxylic acids is 2. The van der Waals surface area contributed by atoms with E-state index in [-0.39, 0.29) is 24.0 Å². The maximum absolute atomic E-state index is 12.4. The minimum Gasteiger partial charge on any atom is -0.366 e. The number of hydrogen-bond acceptors (Lipinski definition) is 5. The highest BCUT2D eigenvalue weighted by atomic mass is 16.5. The van der Waals surface area contributed by atoms with Gasteiger partial charge < -0.3 is 20.3 Å². The average molecular weight is 310 g/mol. The lowest BCUT2D eigenvalue weighted by atomic mass is 10.2. The minimum absolute atomic E-state index is 0.0712. The van der Waals surface area contributed by atoms with Gasteiger partial charge in [0.1, 0.15) is 6.10 Å². The highest BCUT2D eigenvalue weighted by Crippen LogP contribution is 2.19. The van der Waals surface area contributed by atoms with Gasteiger partial charge in [-0.3, -0.25) is 14.5 Å². The first-order valence-corrected chi connectivity index (χ1v) is 8.30. The van der Waals surface area contributed by atoms with Gasteiger partial charge in [0, 0.05) is 45.3 Å². The molecule has 3 fully saturated rings. The fourth-order valence-corrected chi connectivity index (χ4v) is 2.97. The first-order valence-electron chi connectivity index (χ1n) is 8.30. The summed E-state index contributed by atoms with van der Waals surface area (Å²) >= 11 is 0. The van der Waals surface area contributed by atoms with E-state index in [1.54, 1.807) is 0 Å². The van der Waals surface area contributed by atoms with Crippen molar-refractivity contribution in [2.45, 2.75) is 38.0 Å². The van der Waals surface area contributed by atoms with Gasteiger partial charge in [-0.15, -0.1) is 0 Å². The van der Waals surface area contributed by atoms with Crippen molar-refractivity contribution in [2.24, 2.45) is 0 Å². The lowest BCUT2D eigenvalue weighted by Crippen LogP contribution is -2.58. The number of hydrogen-bond donors (Lipinski definition) is 2. The van der Waals surface area contributed by atoms with Crippen molar-refractivity contribution in [1.82, 2.24) is 20.4 Å². The first kappa shape index (κ1) is 15.7. The smallest absolute Gasteiger partial charge is 0.253 e. The number of nitrogens with zero attached hydrogens (tertiary/aromatic N) is 2. The Hall–Kier alpha value is -1.18. The second kappa shape index (κ2) is 6.93. The Balaban J connectivity index is 1.44. The van der Waals surface area contributed by atoms with E-state index in [2.05, 4.69) is 15.5 Å². The van der Waals surface area contributed by atoms with Crippen LogP contribution in [0.1, 0.15) is 19.8 Å². The van der Waals surface area contributed by atoms with E-state index in [9.17, 15) is 9.59 Å². The molecule has 1 aliphatic carbocycles. The van der Waals surface area contributed by atoms with Crippen molar-refractivity contribution in [1.29, 1.82) is 0 Å². The molecule has 0 spiro atoms. The topological polar surface area (TPSA) is 73.9 Å². The van der Waals surface area contributed by atoms with Gasteiger partial charge in [-0.25, -0.2) is 0 Å². The van der Waals surface area contributed by atoms with Gasteiger partial charge in [0.2, 0.25) is 5.91 Å². The second-order valence-corrected chi connectivity index (χ2v) is 6.38. The molecule has 124 valence electrons. The van der Waals surface area contributed by atoms with Crippen LogP contribution < -0.4 is 10.6 Å². The number of morpholine rings is 1. The molecule has 3 rings (SSSR count). The number of carbonyl (C=O) groups is 2. The summed E-state index contributed by atoms with van der Waals surface area (Å²) in [4.78, 5) is 28.5. The molecule has 0 radical (unpaired) electrons. The van der Waals surface area contributed by atoms with Crippen molar-refractivity contribution in [2.75, 3.05) is 45.9 Å². The van der Waals surface area contributed by atoms with Crippen molar-refractivity contribution >= 4 is 11.8 Å². The van der Waals surface area contributed by atoms with Crippen LogP contribution in [0.15, 0.2) is 0 Å². The van der Waals surface area contributed by atoms with E-state index in [0.717, 1.165) is 32.5 Å². The third-order valence-corrected chi connectivity index (χ3v) is 4.68. The van der Waals surface area contributed by atoms with E-state index in [1.807, 2.05) is 11.8 Å². The largest absolute Gasteiger partial charge is 0.366 e. The van der Waals surface area contributed by atoms with E-state index in [4.69, 9.17) is 4.74 Å². The van der Waals surface area contributed by atoms with Crippen molar-refractivity contribution in [3.8, 4) is 0 Å². The summed E-state index contributed by atoms with van der Waals surface area (Å²) < 4.78 is 5.52. The molecule has 0 aromatic heterocycles. The molecule has 0 bridgehead atoms. The summed E-state index contributed by atoms with van der Waals surface area (Å²) in [6.45, 7) is 6.76. The normalized spacial score (nSPS) is 28.2. The molecule has 2 aliphatic heterocycles. The molecule has 7 nitrogen and oxygen atoms in total. The molecule has 2 amide bonds. The molecular formula is C15H26N4O3. The summed E-state index contributed by atoms with van der Waals surface area (Å²) in [5, 5.41) is 6.23. The fraction of sp³-hybridized carbons (Fsp3) is 0.867. The highest BCUT2D eigenvalue weighted by Gasteiger charge is 2.33. The van der Waals surface area contributed by atoms with Crippen LogP contribution in [0.5, 0.6) is 0 Å². The van der Waals surface area contributed by atoms with Crippen molar-refractivity contribution < 1.29 is 14.3 Å². The maximum atomic E-state index is 12.4. The Kier molecular flexibility index (Phi) is 4.95. The van der Waals surface area contributed by atoms with E-state index < -0.39 is 0 Å². The zero-order valence-corrected chi connectivity index (χ0v) is 13.2. The first-order chi connectivity index (χ1) is 10.6. The molecule has 0 aromatic rings. The molecule has 3 aliphatic rings. The van der Waals surface area contributed by atoms with E-state index in [1.165, 1.54) is 0 Å². The van der Waals surface area contributed by atoms with Gasteiger partial charge in [0.25, 0.3) is 5.91 Å². The van der Waals surface area contributed by atoms with Gasteiger partial charge in [0.15, 0.2) is 0 Å². The SMILES string of the molecule is CC(C(=O)NC1CC1)N1CCN(C(=O)C2CNCCO2)CC1. The zero-order valence-electron chi connectivity index (χ0n) is 13.2. The molecule has 2 saturated heterocycles. The highest BCUT2D eigenvalue weighted by molar-refractivity contribution is 5.82. The van der Waals surface area contributed by atoms with E-state index >= 15 is 0 Å². The Morgan fingerprint density at radius 1 is 1.23 bits per heavy atom. The van der Waals surface area contributed by atoms with Crippen LogP contribution in [-0.2, 0) is 14.3 Å². The van der Waals surface area contributed by atoms with Gasteiger partial charge >= 0.3 is 0 Å². The molecule has 0 aromatic carbocycles. The average Bonchev–Trinajstić information content (AvgIpc) is 3.38. The lowest BCUT2D eigenvalue weighted by molar-refractivity contribution is -0.147. The number of nitrogens with one attached hydrogen (secondary N) is 2. The van der Waals surface area contributed by atoms with Crippen LogP contribution in [0, 0.1) is 0 Å². The van der Waals surface area contributed by atoms with Gasteiger partial charge in [0.05, 0.1) is 12.6 Å². The molecule has 7 heteroatoms. The predicted octanol–water partition coefficient (Wildman–Crippen LogP) is -1.21. The summed E-state index contributed by atoms with van der Waals surface area (Å²) in [5.41, 5.74) is 0. The third kappa shape index (κ3) is 3.77. The number of amides is 2. The van der Waals surface area contributed by atoms with Crippen molar-refractivity contribution in [3.63, 3.8) is 0 Å². The number of piperazine rings is 1. The molecule has 2 N–H and O–H groups in total. The van der Waals surface area contributed by atoms with Crippen LogP contribution in [0.25, 0.3) is 0 Å². The zero-order chi connectivity index (χ0) is 15.5.